The van der Waals surface area contributed by atoms with E-state index >= 15 is 0 Å². The zero-order valence-electron chi connectivity index (χ0n) is 17.2. The maximum absolute atomic E-state index is 13.0. The molecule has 9 heteroatoms. The van der Waals surface area contributed by atoms with E-state index in [0.717, 1.165) is 27.7 Å². The van der Waals surface area contributed by atoms with Crippen LogP contribution in [0.4, 0.5) is 11.7 Å². The summed E-state index contributed by atoms with van der Waals surface area (Å²) >= 11 is 0. The van der Waals surface area contributed by atoms with E-state index < -0.39 is 6.17 Å². The number of hydrogen-bond acceptors (Lipinski definition) is 7. The topological polar surface area (TPSA) is 121 Å². The fourth-order valence-corrected chi connectivity index (χ4v) is 3.76. The Bertz CT molecular complexity index is 1500. The van der Waals surface area contributed by atoms with E-state index in [1.54, 1.807) is 6.33 Å². The molecular formula is C24H17N7O2. The van der Waals surface area contributed by atoms with Crippen LogP contribution in [0.5, 0.6) is 0 Å². The van der Waals surface area contributed by atoms with Crippen LogP contribution in [0.15, 0.2) is 88.5 Å². The summed E-state index contributed by atoms with van der Waals surface area (Å²) in [4.78, 5) is 25.0. The van der Waals surface area contributed by atoms with Crippen LogP contribution in [-0.4, -0.2) is 37.9 Å². The van der Waals surface area contributed by atoms with Crippen LogP contribution >= 0.6 is 0 Å². The summed E-state index contributed by atoms with van der Waals surface area (Å²) < 4.78 is 5.79. The number of carbonyl (C=O) groups excluding carboxylic acids is 1. The van der Waals surface area contributed by atoms with Crippen LogP contribution in [0, 0.1) is 0 Å². The van der Waals surface area contributed by atoms with Gasteiger partial charge in [-0.2, -0.15) is 0 Å². The summed E-state index contributed by atoms with van der Waals surface area (Å²) in [6.07, 6.45) is 0.663. The zero-order valence-corrected chi connectivity index (χ0v) is 17.2. The molecule has 160 valence electrons. The van der Waals surface area contributed by atoms with E-state index in [1.807, 2.05) is 72.8 Å². The molecule has 1 amide bonds. The lowest BCUT2D eigenvalue weighted by atomic mass is 10.0. The van der Waals surface area contributed by atoms with Crippen molar-refractivity contribution in [2.75, 3.05) is 10.6 Å². The minimum Gasteiger partial charge on any atom is -0.403 e. The molecule has 1 aliphatic rings. The van der Waals surface area contributed by atoms with Gasteiger partial charge in [0.15, 0.2) is 0 Å². The minimum absolute atomic E-state index is 0.0944. The molecule has 0 radical (unpaired) electrons. The molecule has 0 bridgehead atoms. The molecule has 3 N–H and O–H groups in total. The molecule has 3 heterocycles. The number of imidazole rings is 1. The lowest BCUT2D eigenvalue weighted by Gasteiger charge is -2.11. The second kappa shape index (κ2) is 7.72. The number of H-pyrrole nitrogens is 1. The van der Waals surface area contributed by atoms with Crippen molar-refractivity contribution in [1.29, 1.82) is 0 Å². The summed E-state index contributed by atoms with van der Waals surface area (Å²) in [6, 6.07) is 23.0. The van der Waals surface area contributed by atoms with Gasteiger partial charge in [0.05, 0.1) is 28.8 Å². The summed E-state index contributed by atoms with van der Waals surface area (Å²) in [5, 5.41) is 14.1. The van der Waals surface area contributed by atoms with Crippen LogP contribution in [0.2, 0.25) is 0 Å². The predicted molar refractivity (Wildman–Crippen MR) is 124 cm³/mol. The van der Waals surface area contributed by atoms with Gasteiger partial charge < -0.3 is 20.0 Å². The van der Waals surface area contributed by atoms with Gasteiger partial charge in [-0.15, -0.1) is 5.10 Å². The number of aromatic amines is 1. The first kappa shape index (κ1) is 18.9. The average molecular weight is 435 g/mol. The number of anilines is 2. The number of rotatable bonds is 4. The SMILES string of the molecule is O=C1Nc2ccccc2C(c2ccccc2)=N[C@@H]1Nc1nnc(-c2ccc3nc[nH]c3c2)o1. The molecule has 33 heavy (non-hydrogen) atoms. The van der Waals surface area contributed by atoms with E-state index in [-0.39, 0.29) is 11.9 Å². The van der Waals surface area contributed by atoms with Crippen molar-refractivity contribution in [2.24, 2.45) is 4.99 Å². The van der Waals surface area contributed by atoms with Crippen molar-refractivity contribution in [3.63, 3.8) is 0 Å². The van der Waals surface area contributed by atoms with Crippen LogP contribution in [0.1, 0.15) is 11.1 Å². The molecule has 2 aromatic heterocycles. The molecule has 5 aromatic rings. The van der Waals surface area contributed by atoms with Gasteiger partial charge in [0, 0.05) is 16.7 Å². The Balaban J connectivity index is 1.34. The first-order chi connectivity index (χ1) is 16.2. The minimum atomic E-state index is -0.962. The lowest BCUT2D eigenvalue weighted by molar-refractivity contribution is -0.116. The van der Waals surface area contributed by atoms with E-state index in [0.29, 0.717) is 17.3 Å². The maximum Gasteiger partial charge on any atom is 0.317 e. The number of carbonyl (C=O) groups is 1. The molecule has 6 rings (SSSR count). The number of para-hydroxylation sites is 1. The lowest BCUT2D eigenvalue weighted by Crippen LogP contribution is -2.32. The van der Waals surface area contributed by atoms with Gasteiger partial charge in [0.1, 0.15) is 0 Å². The third kappa shape index (κ3) is 3.51. The standard InChI is InChI=1S/C24H17N7O2/c32-22-21(28-20(14-6-2-1-3-7-14)16-8-4-5-9-17(16)27-22)29-24-31-30-23(33-24)15-10-11-18-19(12-15)26-13-25-18/h1-13,21H,(H,25,26)(H,27,32)(H,29,31)/t21-/m1/s1. The molecule has 0 fully saturated rings. The molecule has 0 aliphatic carbocycles. The number of benzene rings is 3. The summed E-state index contributed by atoms with van der Waals surface area (Å²) in [5.41, 5.74) is 5.54. The molecule has 1 atom stereocenters. The molecule has 1 aliphatic heterocycles. The van der Waals surface area contributed by atoms with Crippen molar-refractivity contribution in [3.8, 4) is 11.5 Å². The Hall–Kier alpha value is -4.79. The first-order valence-corrected chi connectivity index (χ1v) is 10.3. The molecule has 0 unspecified atom stereocenters. The molecule has 0 saturated heterocycles. The van der Waals surface area contributed by atoms with Crippen molar-refractivity contribution in [1.82, 2.24) is 20.2 Å². The fraction of sp³-hybridized carbons (Fsp3) is 0.0417. The summed E-state index contributed by atoms with van der Waals surface area (Å²) in [5.74, 6) is -0.00871. The Kier molecular flexibility index (Phi) is 4.43. The largest absolute Gasteiger partial charge is 0.403 e. The normalized spacial score (nSPS) is 15.5. The van der Waals surface area contributed by atoms with E-state index in [9.17, 15) is 4.79 Å². The molecular weight excluding hydrogens is 418 g/mol. The third-order valence-electron chi connectivity index (χ3n) is 5.35. The highest BCUT2D eigenvalue weighted by molar-refractivity contribution is 6.19. The Morgan fingerprint density at radius 1 is 0.909 bits per heavy atom. The van der Waals surface area contributed by atoms with Gasteiger partial charge in [0.25, 0.3) is 5.91 Å². The van der Waals surface area contributed by atoms with Gasteiger partial charge in [-0.1, -0.05) is 53.6 Å². The number of benzodiazepines with no additional fused rings is 1. The smallest absolute Gasteiger partial charge is 0.317 e. The summed E-state index contributed by atoms with van der Waals surface area (Å²) in [7, 11) is 0. The van der Waals surface area contributed by atoms with Crippen molar-refractivity contribution < 1.29 is 9.21 Å². The van der Waals surface area contributed by atoms with Gasteiger partial charge in [0.2, 0.25) is 12.1 Å². The maximum atomic E-state index is 13.0. The van der Waals surface area contributed by atoms with E-state index in [2.05, 4.69) is 30.8 Å². The molecule has 9 nitrogen and oxygen atoms in total. The first-order valence-electron chi connectivity index (χ1n) is 10.3. The van der Waals surface area contributed by atoms with Gasteiger partial charge >= 0.3 is 6.01 Å². The Morgan fingerprint density at radius 2 is 1.76 bits per heavy atom. The predicted octanol–water partition coefficient (Wildman–Crippen LogP) is 3.84. The third-order valence-corrected chi connectivity index (χ3v) is 5.35. The molecule has 0 saturated carbocycles. The highest BCUT2D eigenvalue weighted by atomic mass is 16.4. The summed E-state index contributed by atoms with van der Waals surface area (Å²) in [6.45, 7) is 0. The number of aliphatic imine (C=N–C) groups is 1. The van der Waals surface area contributed by atoms with Crippen LogP contribution < -0.4 is 10.6 Å². The van der Waals surface area contributed by atoms with Crippen LogP contribution in [0.25, 0.3) is 22.5 Å². The van der Waals surface area contributed by atoms with E-state index in [4.69, 9.17) is 9.41 Å². The van der Waals surface area contributed by atoms with Crippen LogP contribution in [0.3, 0.4) is 0 Å². The Morgan fingerprint density at radius 3 is 2.67 bits per heavy atom. The van der Waals surface area contributed by atoms with Crippen molar-refractivity contribution in [3.05, 3.63) is 90.3 Å². The van der Waals surface area contributed by atoms with E-state index in [1.165, 1.54) is 0 Å². The second-order valence-electron chi connectivity index (χ2n) is 7.47. The number of amides is 1. The monoisotopic (exact) mass is 435 g/mol. The molecule has 3 aromatic carbocycles. The van der Waals surface area contributed by atoms with Gasteiger partial charge in [-0.05, 0) is 24.3 Å². The van der Waals surface area contributed by atoms with Gasteiger partial charge in [-0.25, -0.2) is 9.98 Å². The van der Waals surface area contributed by atoms with Crippen molar-refractivity contribution in [2.45, 2.75) is 6.17 Å². The number of nitrogens with zero attached hydrogens (tertiary/aromatic N) is 4. The quantitative estimate of drug-likeness (QED) is 0.394. The number of fused-ring (bicyclic) bond motifs is 2. The van der Waals surface area contributed by atoms with Crippen LogP contribution in [-0.2, 0) is 4.79 Å². The van der Waals surface area contributed by atoms with Crippen molar-refractivity contribution >= 4 is 34.4 Å². The zero-order chi connectivity index (χ0) is 22.2. The number of nitrogens with one attached hydrogen (secondary N) is 3. The number of aromatic nitrogens is 4. The highest BCUT2D eigenvalue weighted by Crippen LogP contribution is 2.26. The fourth-order valence-electron chi connectivity index (χ4n) is 3.76. The highest BCUT2D eigenvalue weighted by Gasteiger charge is 2.27. The average Bonchev–Trinajstić information content (AvgIpc) is 3.49. The number of hydrogen-bond donors (Lipinski definition) is 3. The molecule has 0 spiro atoms. The second-order valence-corrected chi connectivity index (χ2v) is 7.47. The van der Waals surface area contributed by atoms with Gasteiger partial charge in [-0.3, -0.25) is 4.79 Å². The Labute approximate surface area is 187 Å².